The van der Waals surface area contributed by atoms with Crippen molar-refractivity contribution >= 4 is 17.8 Å². The van der Waals surface area contributed by atoms with E-state index in [0.717, 1.165) is 4.68 Å². The molecule has 2 aromatic rings. The fraction of sp³-hybridized carbons (Fsp3) is 0.353. The summed E-state index contributed by atoms with van der Waals surface area (Å²) in [6, 6.07) is 8.66. The van der Waals surface area contributed by atoms with Gasteiger partial charge in [-0.3, -0.25) is 14.4 Å². The number of nitrogens with one attached hydrogen (secondary N) is 2. The van der Waals surface area contributed by atoms with Crippen molar-refractivity contribution in [1.29, 1.82) is 0 Å². The summed E-state index contributed by atoms with van der Waals surface area (Å²) in [7, 11) is 0. The molecular formula is C17H20N4O6. The highest BCUT2D eigenvalue weighted by molar-refractivity contribution is 5.86. The molecule has 0 spiro atoms. The number of aromatic nitrogens is 2. The van der Waals surface area contributed by atoms with E-state index in [4.69, 9.17) is 9.15 Å². The number of carbonyl (C=O) groups excluding carboxylic acids is 3. The van der Waals surface area contributed by atoms with E-state index in [2.05, 4.69) is 15.7 Å². The van der Waals surface area contributed by atoms with E-state index in [1.165, 1.54) is 0 Å². The van der Waals surface area contributed by atoms with Crippen LogP contribution < -0.4 is 16.4 Å². The molecule has 0 radical (unpaired) electrons. The Kier molecular flexibility index (Phi) is 6.86. The van der Waals surface area contributed by atoms with Gasteiger partial charge in [-0.25, -0.2) is 4.79 Å². The van der Waals surface area contributed by atoms with Gasteiger partial charge >= 0.3 is 11.7 Å². The zero-order valence-electron chi connectivity index (χ0n) is 14.9. The van der Waals surface area contributed by atoms with E-state index >= 15 is 0 Å². The third kappa shape index (κ3) is 6.42. The Bertz CT molecular complexity index is 856. The molecule has 0 atom stereocenters. The van der Waals surface area contributed by atoms with Crippen molar-refractivity contribution in [2.24, 2.45) is 0 Å². The van der Waals surface area contributed by atoms with Gasteiger partial charge in [-0.15, -0.1) is 5.10 Å². The number of hydrogen-bond acceptors (Lipinski definition) is 7. The summed E-state index contributed by atoms with van der Waals surface area (Å²) in [5.74, 6) is -2.58. The average molecular weight is 376 g/mol. The largest absolute Gasteiger partial charge is 0.454 e. The first-order valence-corrected chi connectivity index (χ1v) is 8.20. The van der Waals surface area contributed by atoms with Crippen molar-refractivity contribution in [2.45, 2.75) is 26.4 Å². The lowest BCUT2D eigenvalue weighted by atomic mass is 10.2. The van der Waals surface area contributed by atoms with Crippen molar-refractivity contribution in [1.82, 2.24) is 20.4 Å². The average Bonchev–Trinajstić information content (AvgIpc) is 2.99. The summed E-state index contributed by atoms with van der Waals surface area (Å²) < 4.78 is 10.6. The molecule has 0 aliphatic heterocycles. The van der Waals surface area contributed by atoms with Crippen molar-refractivity contribution in [3.63, 3.8) is 0 Å². The van der Waals surface area contributed by atoms with Gasteiger partial charge in [0.1, 0.15) is 6.54 Å². The molecule has 0 bridgehead atoms. The van der Waals surface area contributed by atoms with Crippen LogP contribution in [0.1, 0.15) is 13.8 Å². The molecule has 144 valence electrons. The number of rotatable bonds is 8. The smallest absolute Gasteiger partial charge is 0.437 e. The minimum atomic E-state index is -0.841. The molecule has 0 aliphatic rings. The van der Waals surface area contributed by atoms with Gasteiger partial charge in [0.2, 0.25) is 11.8 Å². The summed E-state index contributed by atoms with van der Waals surface area (Å²) in [6.45, 7) is 2.27. The van der Waals surface area contributed by atoms with Crippen molar-refractivity contribution in [3.05, 3.63) is 40.9 Å². The summed E-state index contributed by atoms with van der Waals surface area (Å²) in [6.07, 6.45) is 0. The van der Waals surface area contributed by atoms with E-state index in [0.29, 0.717) is 5.56 Å². The molecular weight excluding hydrogens is 356 g/mol. The van der Waals surface area contributed by atoms with Crippen LogP contribution in [0.25, 0.3) is 11.5 Å². The first-order chi connectivity index (χ1) is 12.8. The van der Waals surface area contributed by atoms with Gasteiger partial charge in [0.05, 0.1) is 6.54 Å². The van der Waals surface area contributed by atoms with E-state index < -0.39 is 30.8 Å². The fourth-order valence-corrected chi connectivity index (χ4v) is 2.02. The van der Waals surface area contributed by atoms with Crippen LogP contribution in [0.3, 0.4) is 0 Å². The molecule has 0 saturated carbocycles. The third-order valence-corrected chi connectivity index (χ3v) is 3.17. The number of hydrogen-bond donors (Lipinski definition) is 2. The number of nitrogens with zero attached hydrogens (tertiary/aromatic N) is 2. The van der Waals surface area contributed by atoms with Gasteiger partial charge in [0, 0.05) is 11.6 Å². The Morgan fingerprint density at radius 2 is 1.89 bits per heavy atom. The maximum atomic E-state index is 11.8. The third-order valence-electron chi connectivity index (χ3n) is 3.17. The zero-order chi connectivity index (χ0) is 19.8. The molecule has 27 heavy (non-hydrogen) atoms. The lowest BCUT2D eigenvalue weighted by Gasteiger charge is -2.09. The number of esters is 1. The van der Waals surface area contributed by atoms with E-state index in [1.807, 2.05) is 0 Å². The Hall–Kier alpha value is -3.43. The van der Waals surface area contributed by atoms with Crippen LogP contribution in [-0.4, -0.2) is 46.8 Å². The van der Waals surface area contributed by atoms with Crippen LogP contribution >= 0.6 is 0 Å². The second kappa shape index (κ2) is 9.32. The van der Waals surface area contributed by atoms with Crippen molar-refractivity contribution in [3.8, 4) is 11.5 Å². The number of benzene rings is 1. The van der Waals surface area contributed by atoms with Gasteiger partial charge < -0.3 is 19.8 Å². The Balaban J connectivity index is 1.81. The van der Waals surface area contributed by atoms with Crippen LogP contribution in [0.15, 0.2) is 39.5 Å². The summed E-state index contributed by atoms with van der Waals surface area (Å²) in [4.78, 5) is 46.5. The van der Waals surface area contributed by atoms with E-state index in [-0.39, 0.29) is 24.4 Å². The first-order valence-electron chi connectivity index (χ1n) is 8.20. The molecule has 2 rings (SSSR count). The second-order valence-electron chi connectivity index (χ2n) is 5.86. The molecule has 2 N–H and O–H groups in total. The molecule has 0 saturated heterocycles. The van der Waals surface area contributed by atoms with Crippen molar-refractivity contribution in [2.75, 3.05) is 13.2 Å². The fourth-order valence-electron chi connectivity index (χ4n) is 2.02. The van der Waals surface area contributed by atoms with Gasteiger partial charge in [-0.1, -0.05) is 18.2 Å². The number of amides is 2. The molecule has 0 fully saturated rings. The van der Waals surface area contributed by atoms with Crippen LogP contribution in [0.4, 0.5) is 0 Å². The molecule has 0 unspecified atom stereocenters. The predicted molar refractivity (Wildman–Crippen MR) is 93.4 cm³/mol. The summed E-state index contributed by atoms with van der Waals surface area (Å²) in [5, 5.41) is 8.83. The highest BCUT2D eigenvalue weighted by Crippen LogP contribution is 2.13. The molecule has 2 amide bonds. The van der Waals surface area contributed by atoms with Crippen LogP contribution in [-0.2, 0) is 25.7 Å². The van der Waals surface area contributed by atoms with Gasteiger partial charge in [0.25, 0.3) is 5.91 Å². The van der Waals surface area contributed by atoms with Crippen LogP contribution in [0.2, 0.25) is 0 Å². The topological polar surface area (TPSA) is 133 Å². The lowest BCUT2D eigenvalue weighted by Crippen LogP contribution is -2.41. The quantitative estimate of drug-likeness (QED) is 0.604. The van der Waals surface area contributed by atoms with Gasteiger partial charge in [-0.05, 0) is 26.0 Å². The predicted octanol–water partition coefficient (Wildman–Crippen LogP) is -0.313. The lowest BCUT2D eigenvalue weighted by molar-refractivity contribution is -0.149. The minimum absolute atomic E-state index is 0.0474. The van der Waals surface area contributed by atoms with Crippen molar-refractivity contribution < 1.29 is 23.5 Å². The van der Waals surface area contributed by atoms with Gasteiger partial charge in [0.15, 0.2) is 6.61 Å². The van der Waals surface area contributed by atoms with Crippen LogP contribution in [0.5, 0.6) is 0 Å². The molecule has 10 heteroatoms. The summed E-state index contributed by atoms with van der Waals surface area (Å²) >= 11 is 0. The van der Waals surface area contributed by atoms with Crippen LogP contribution in [0, 0.1) is 0 Å². The van der Waals surface area contributed by atoms with E-state index in [1.54, 1.807) is 44.2 Å². The highest BCUT2D eigenvalue weighted by Gasteiger charge is 2.15. The molecule has 1 heterocycles. The zero-order valence-corrected chi connectivity index (χ0v) is 14.9. The van der Waals surface area contributed by atoms with E-state index in [9.17, 15) is 19.2 Å². The Morgan fingerprint density at radius 3 is 2.56 bits per heavy atom. The number of ether oxygens (including phenoxy) is 1. The Labute approximate surface area is 154 Å². The SMILES string of the molecule is CC(C)NC(=O)CNC(=O)COC(=O)Cn1nc(-c2ccccc2)oc1=O. The summed E-state index contributed by atoms with van der Waals surface area (Å²) in [5.41, 5.74) is 0.584. The van der Waals surface area contributed by atoms with Gasteiger partial charge in [-0.2, -0.15) is 4.68 Å². The molecule has 10 nitrogen and oxygen atoms in total. The Morgan fingerprint density at radius 1 is 1.19 bits per heavy atom. The second-order valence-corrected chi connectivity index (χ2v) is 5.86. The standard InChI is InChI=1S/C17H20N4O6/c1-11(2)19-13(22)8-18-14(23)10-26-15(24)9-21-17(25)27-16(20-21)12-6-4-3-5-7-12/h3-7,11H,8-10H2,1-2H3,(H,18,23)(H,19,22). The maximum absolute atomic E-state index is 11.8. The monoisotopic (exact) mass is 376 g/mol. The highest BCUT2D eigenvalue weighted by atomic mass is 16.5. The normalized spacial score (nSPS) is 10.5. The molecule has 1 aromatic heterocycles. The first kappa shape index (κ1) is 19.9. The maximum Gasteiger partial charge on any atom is 0.437 e. The minimum Gasteiger partial charge on any atom is -0.454 e. The molecule has 0 aliphatic carbocycles. The molecule has 1 aromatic carbocycles. The number of carbonyl (C=O) groups is 3.